The molecule has 1 saturated heterocycles. The number of hydrogen-bond acceptors (Lipinski definition) is 5. The lowest BCUT2D eigenvalue weighted by Gasteiger charge is -2.33. The number of hydrogen-bond donors (Lipinski definition) is 3. The monoisotopic (exact) mass is 354 g/mol. The van der Waals surface area contributed by atoms with Crippen molar-refractivity contribution in [1.29, 1.82) is 5.41 Å². The van der Waals surface area contributed by atoms with Crippen LogP contribution in [0.15, 0.2) is 47.4 Å². The van der Waals surface area contributed by atoms with E-state index in [0.717, 1.165) is 30.9 Å². The Balaban J connectivity index is 1.59. The van der Waals surface area contributed by atoms with E-state index in [1.54, 1.807) is 11.8 Å². The van der Waals surface area contributed by atoms with Gasteiger partial charge < -0.3 is 16.5 Å². The smallest absolute Gasteiger partial charge is 0.0404 e. The Morgan fingerprint density at radius 1 is 1.28 bits per heavy atom. The standard InChI is InChI=1S/C20H26N4S/c1-25-19-7-4-15(5-8-19)13-24-10-2-3-18(14-24)23-17-6-9-20(22)16(11-17)12-21/h4-9,11-12,18,21,23H,2-3,10,13-14,22H2,1H3. The number of rotatable bonds is 6. The molecule has 0 bridgehead atoms. The van der Waals surface area contributed by atoms with Gasteiger partial charge in [0.2, 0.25) is 0 Å². The second-order valence-electron chi connectivity index (χ2n) is 6.55. The molecule has 2 aromatic carbocycles. The highest BCUT2D eigenvalue weighted by atomic mass is 32.2. The molecule has 0 spiro atoms. The molecule has 1 atom stereocenters. The molecular formula is C20H26N4S. The van der Waals surface area contributed by atoms with Crippen molar-refractivity contribution < 1.29 is 0 Å². The van der Waals surface area contributed by atoms with Crippen LogP contribution in [-0.2, 0) is 6.54 Å². The maximum absolute atomic E-state index is 7.44. The van der Waals surface area contributed by atoms with Crippen LogP contribution in [0, 0.1) is 5.41 Å². The van der Waals surface area contributed by atoms with Crippen LogP contribution < -0.4 is 11.1 Å². The summed E-state index contributed by atoms with van der Waals surface area (Å²) in [4.78, 5) is 3.83. The van der Waals surface area contributed by atoms with Gasteiger partial charge in [-0.05, 0) is 61.5 Å². The van der Waals surface area contributed by atoms with Crippen LogP contribution >= 0.6 is 11.8 Å². The summed E-state index contributed by atoms with van der Waals surface area (Å²) in [5.41, 5.74) is 9.71. The van der Waals surface area contributed by atoms with E-state index in [1.165, 1.54) is 29.5 Å². The van der Waals surface area contributed by atoms with Crippen molar-refractivity contribution >= 4 is 29.4 Å². The summed E-state index contributed by atoms with van der Waals surface area (Å²) < 4.78 is 0. The van der Waals surface area contributed by atoms with Crippen LogP contribution in [0.2, 0.25) is 0 Å². The van der Waals surface area contributed by atoms with Crippen LogP contribution in [0.5, 0.6) is 0 Å². The van der Waals surface area contributed by atoms with Crippen LogP contribution in [0.1, 0.15) is 24.0 Å². The molecule has 0 radical (unpaired) electrons. The number of nitrogens with two attached hydrogens (primary N) is 1. The maximum Gasteiger partial charge on any atom is 0.0404 e. The molecule has 132 valence electrons. The topological polar surface area (TPSA) is 65.1 Å². The van der Waals surface area contributed by atoms with Crippen molar-refractivity contribution in [2.75, 3.05) is 30.4 Å². The first-order chi connectivity index (χ1) is 12.2. The SMILES string of the molecule is CSc1ccc(CN2CCCC(Nc3ccc(N)c(C=N)c3)C2)cc1. The van der Waals surface area contributed by atoms with Gasteiger partial charge in [-0.2, -0.15) is 0 Å². The molecule has 1 heterocycles. The molecule has 5 heteroatoms. The zero-order valence-electron chi connectivity index (χ0n) is 14.7. The molecular weight excluding hydrogens is 328 g/mol. The second-order valence-corrected chi connectivity index (χ2v) is 7.43. The lowest BCUT2D eigenvalue weighted by atomic mass is 10.0. The molecule has 0 aliphatic carbocycles. The number of nitrogen functional groups attached to an aromatic ring is 1. The number of anilines is 2. The maximum atomic E-state index is 7.44. The number of nitrogens with zero attached hydrogens (tertiary/aromatic N) is 1. The van der Waals surface area contributed by atoms with E-state index in [2.05, 4.69) is 40.7 Å². The van der Waals surface area contributed by atoms with E-state index in [0.29, 0.717) is 11.7 Å². The average Bonchev–Trinajstić information content (AvgIpc) is 2.64. The number of nitrogens with one attached hydrogen (secondary N) is 2. The summed E-state index contributed by atoms with van der Waals surface area (Å²) >= 11 is 1.78. The zero-order valence-corrected chi connectivity index (χ0v) is 15.5. The number of piperidine rings is 1. The molecule has 1 aliphatic rings. The van der Waals surface area contributed by atoms with Crippen LogP contribution in [0.4, 0.5) is 11.4 Å². The summed E-state index contributed by atoms with van der Waals surface area (Å²) in [6.45, 7) is 3.19. The molecule has 0 aromatic heterocycles. The van der Waals surface area contributed by atoms with E-state index >= 15 is 0 Å². The number of likely N-dealkylation sites (tertiary alicyclic amines) is 1. The first kappa shape index (κ1) is 17.8. The molecule has 0 amide bonds. The van der Waals surface area contributed by atoms with Gasteiger partial charge in [0.15, 0.2) is 0 Å². The van der Waals surface area contributed by atoms with Crippen molar-refractivity contribution in [1.82, 2.24) is 4.90 Å². The highest BCUT2D eigenvalue weighted by Crippen LogP contribution is 2.21. The van der Waals surface area contributed by atoms with Gasteiger partial charge in [0.1, 0.15) is 0 Å². The van der Waals surface area contributed by atoms with Gasteiger partial charge in [-0.1, -0.05) is 12.1 Å². The lowest BCUT2D eigenvalue weighted by Crippen LogP contribution is -2.41. The minimum absolute atomic E-state index is 0.432. The molecule has 3 rings (SSSR count). The fourth-order valence-corrected chi connectivity index (χ4v) is 3.74. The third-order valence-corrected chi connectivity index (χ3v) is 5.43. The van der Waals surface area contributed by atoms with Gasteiger partial charge in [-0.25, -0.2) is 0 Å². The van der Waals surface area contributed by atoms with Crippen molar-refractivity contribution in [2.24, 2.45) is 0 Å². The van der Waals surface area contributed by atoms with Crippen molar-refractivity contribution in [3.63, 3.8) is 0 Å². The molecule has 4 N–H and O–H groups in total. The van der Waals surface area contributed by atoms with Gasteiger partial charge in [0, 0.05) is 47.2 Å². The third kappa shape index (κ3) is 4.77. The van der Waals surface area contributed by atoms with Gasteiger partial charge in [0.05, 0.1) is 0 Å². The minimum Gasteiger partial charge on any atom is -0.398 e. The van der Waals surface area contributed by atoms with E-state index in [4.69, 9.17) is 11.1 Å². The summed E-state index contributed by atoms with van der Waals surface area (Å²) in [6.07, 6.45) is 5.79. The normalized spacial score (nSPS) is 18.0. The summed E-state index contributed by atoms with van der Waals surface area (Å²) in [6, 6.07) is 15.1. The Labute approximate surface area is 154 Å². The predicted octanol–water partition coefficient (Wildman–Crippen LogP) is 4.06. The zero-order chi connectivity index (χ0) is 17.6. The Morgan fingerprint density at radius 3 is 2.80 bits per heavy atom. The molecule has 1 fully saturated rings. The fraction of sp³-hybridized carbons (Fsp3) is 0.350. The van der Waals surface area contributed by atoms with Crippen molar-refractivity contribution in [3.8, 4) is 0 Å². The lowest BCUT2D eigenvalue weighted by molar-refractivity contribution is 0.208. The summed E-state index contributed by atoms with van der Waals surface area (Å²) in [5, 5.41) is 11.1. The molecule has 0 saturated carbocycles. The van der Waals surface area contributed by atoms with Crippen LogP contribution in [0.25, 0.3) is 0 Å². The quantitative estimate of drug-likeness (QED) is 0.416. The summed E-state index contributed by atoms with van der Waals surface area (Å²) in [7, 11) is 0. The number of benzene rings is 2. The van der Waals surface area contributed by atoms with E-state index < -0.39 is 0 Å². The van der Waals surface area contributed by atoms with E-state index in [9.17, 15) is 0 Å². The highest BCUT2D eigenvalue weighted by Gasteiger charge is 2.20. The molecule has 1 unspecified atom stereocenters. The second kappa shape index (κ2) is 8.41. The Morgan fingerprint density at radius 2 is 2.08 bits per heavy atom. The Hall–Kier alpha value is -1.98. The first-order valence-corrected chi connectivity index (χ1v) is 9.92. The minimum atomic E-state index is 0.432. The van der Waals surface area contributed by atoms with Crippen molar-refractivity contribution in [3.05, 3.63) is 53.6 Å². The molecule has 25 heavy (non-hydrogen) atoms. The molecule has 4 nitrogen and oxygen atoms in total. The fourth-order valence-electron chi connectivity index (χ4n) is 3.33. The molecule has 1 aliphatic heterocycles. The van der Waals surface area contributed by atoms with Gasteiger partial charge in [-0.3, -0.25) is 4.90 Å². The van der Waals surface area contributed by atoms with Crippen LogP contribution in [0.3, 0.4) is 0 Å². The molecule has 2 aromatic rings. The average molecular weight is 355 g/mol. The number of thioether (sulfide) groups is 1. The predicted molar refractivity (Wildman–Crippen MR) is 109 cm³/mol. The largest absolute Gasteiger partial charge is 0.398 e. The van der Waals surface area contributed by atoms with Gasteiger partial charge in [-0.15, -0.1) is 11.8 Å². The Bertz CT molecular complexity index is 714. The summed E-state index contributed by atoms with van der Waals surface area (Å²) in [5.74, 6) is 0. The van der Waals surface area contributed by atoms with Crippen molar-refractivity contribution in [2.45, 2.75) is 30.3 Å². The highest BCUT2D eigenvalue weighted by molar-refractivity contribution is 7.98. The van der Waals surface area contributed by atoms with E-state index in [1.807, 2.05) is 18.2 Å². The first-order valence-electron chi connectivity index (χ1n) is 8.70. The van der Waals surface area contributed by atoms with Crippen LogP contribution in [-0.4, -0.2) is 36.5 Å². The third-order valence-electron chi connectivity index (χ3n) is 4.68. The van der Waals surface area contributed by atoms with E-state index in [-0.39, 0.29) is 0 Å². The Kier molecular flexibility index (Phi) is 6.00. The van der Waals surface area contributed by atoms with Gasteiger partial charge in [0.25, 0.3) is 0 Å². The van der Waals surface area contributed by atoms with Gasteiger partial charge >= 0.3 is 0 Å².